The van der Waals surface area contributed by atoms with Gasteiger partial charge >= 0.3 is 12.3 Å². The maximum atomic E-state index is 13.7. The first-order valence-electron chi connectivity index (χ1n) is 6.32. The van der Waals surface area contributed by atoms with Gasteiger partial charge in [-0.2, -0.15) is 8.78 Å². The van der Waals surface area contributed by atoms with E-state index in [9.17, 15) is 22.4 Å². The molecule has 0 radical (unpaired) electrons. The highest BCUT2D eigenvalue weighted by Gasteiger charge is 2.49. The minimum atomic E-state index is -4.23. The van der Waals surface area contributed by atoms with Crippen LogP contribution < -0.4 is 15.4 Å². The molecule has 0 saturated heterocycles. The van der Waals surface area contributed by atoms with Crippen LogP contribution in [0.25, 0.3) is 0 Å². The Morgan fingerprint density at radius 1 is 1.43 bits per heavy atom. The third-order valence-electron chi connectivity index (χ3n) is 3.05. The van der Waals surface area contributed by atoms with E-state index in [1.54, 1.807) is 0 Å². The molecule has 1 heterocycles. The minimum absolute atomic E-state index is 0.0494. The van der Waals surface area contributed by atoms with E-state index >= 15 is 0 Å². The summed E-state index contributed by atoms with van der Waals surface area (Å²) in [5.74, 6) is -4.35. The number of carbonyl (C=O) groups excluding carboxylic acids is 1. The van der Waals surface area contributed by atoms with E-state index in [1.807, 2.05) is 0 Å². The number of halogens is 4. The number of hydrogen-bond acceptors (Lipinski definition) is 3. The van der Waals surface area contributed by atoms with Crippen LogP contribution in [0.3, 0.4) is 0 Å². The summed E-state index contributed by atoms with van der Waals surface area (Å²) < 4.78 is 57.6. The number of amides is 1. The van der Waals surface area contributed by atoms with E-state index in [-0.39, 0.29) is 24.4 Å². The number of alkyl halides is 4. The van der Waals surface area contributed by atoms with E-state index in [4.69, 9.17) is 4.74 Å². The molecule has 0 bridgehead atoms. The van der Waals surface area contributed by atoms with E-state index in [2.05, 4.69) is 10.6 Å². The zero-order chi connectivity index (χ0) is 15.6. The molecule has 1 amide bonds. The van der Waals surface area contributed by atoms with Gasteiger partial charge in [-0.25, -0.2) is 8.78 Å². The highest BCUT2D eigenvalue weighted by Crippen LogP contribution is 2.39. The lowest BCUT2D eigenvalue weighted by Crippen LogP contribution is -2.42. The molecule has 8 heteroatoms. The van der Waals surface area contributed by atoms with Crippen LogP contribution in [0.4, 0.5) is 23.2 Å². The molecule has 1 aromatic carbocycles. The van der Waals surface area contributed by atoms with Crippen molar-refractivity contribution in [2.24, 2.45) is 0 Å². The molecule has 1 unspecified atom stereocenters. The maximum absolute atomic E-state index is 13.7. The van der Waals surface area contributed by atoms with Crippen LogP contribution in [0.1, 0.15) is 18.5 Å². The smallest absolute Gasteiger partial charge is 0.326 e. The molecule has 116 valence electrons. The average molecular weight is 306 g/mol. The van der Waals surface area contributed by atoms with Crippen molar-refractivity contribution >= 4 is 11.6 Å². The Morgan fingerprint density at radius 2 is 2.14 bits per heavy atom. The molecule has 1 atom stereocenters. The number of carbonyl (C=O) groups is 1. The number of anilines is 1. The van der Waals surface area contributed by atoms with Crippen molar-refractivity contribution in [3.05, 3.63) is 23.8 Å². The summed E-state index contributed by atoms with van der Waals surface area (Å²) in [6.45, 7) is 1.46. The molecule has 0 saturated carbocycles. The summed E-state index contributed by atoms with van der Waals surface area (Å²) in [6.07, 6.45) is -3.80. The lowest BCUT2D eigenvalue weighted by Gasteiger charge is -2.28. The molecule has 1 aromatic rings. The third-order valence-corrected chi connectivity index (χ3v) is 3.05. The molecule has 4 nitrogen and oxygen atoms in total. The Morgan fingerprint density at radius 3 is 2.76 bits per heavy atom. The second-order valence-corrected chi connectivity index (χ2v) is 4.56. The van der Waals surface area contributed by atoms with Crippen LogP contribution in [0.5, 0.6) is 5.75 Å². The molecule has 0 fully saturated rings. The Kier molecular flexibility index (Phi) is 4.36. The minimum Gasteiger partial charge on any atom is -0.482 e. The molecule has 0 aromatic heterocycles. The molecular formula is C13H14F4N2O2. The fourth-order valence-electron chi connectivity index (χ4n) is 2.09. The highest BCUT2D eigenvalue weighted by molar-refractivity contribution is 5.95. The SMILES string of the molecule is CCNC(c1ccc2c(c1)NC(=O)CO2)C(F)(F)C(F)F. The molecule has 2 N–H and O–H groups in total. The van der Waals surface area contributed by atoms with Crippen molar-refractivity contribution in [2.75, 3.05) is 18.5 Å². The largest absolute Gasteiger partial charge is 0.482 e. The molecular weight excluding hydrogens is 292 g/mol. The van der Waals surface area contributed by atoms with Crippen LogP contribution in [0, 0.1) is 0 Å². The predicted molar refractivity (Wildman–Crippen MR) is 67.9 cm³/mol. The molecule has 0 aliphatic carbocycles. The lowest BCUT2D eigenvalue weighted by atomic mass is 9.99. The van der Waals surface area contributed by atoms with Crippen molar-refractivity contribution in [1.82, 2.24) is 5.32 Å². The summed E-state index contributed by atoms with van der Waals surface area (Å²) in [6, 6.07) is 2.01. The van der Waals surface area contributed by atoms with Gasteiger partial charge in [-0.1, -0.05) is 13.0 Å². The first-order chi connectivity index (χ1) is 9.86. The van der Waals surface area contributed by atoms with Crippen molar-refractivity contribution in [1.29, 1.82) is 0 Å². The zero-order valence-corrected chi connectivity index (χ0v) is 11.1. The maximum Gasteiger partial charge on any atom is 0.326 e. The normalized spacial score (nSPS) is 16.2. The zero-order valence-electron chi connectivity index (χ0n) is 11.1. The van der Waals surface area contributed by atoms with Crippen LogP contribution in [-0.4, -0.2) is 31.4 Å². The van der Waals surface area contributed by atoms with Gasteiger partial charge in [-0.05, 0) is 24.2 Å². The average Bonchev–Trinajstić information content (AvgIpc) is 2.43. The van der Waals surface area contributed by atoms with Gasteiger partial charge in [-0.15, -0.1) is 0 Å². The lowest BCUT2D eigenvalue weighted by molar-refractivity contribution is -0.151. The van der Waals surface area contributed by atoms with Crippen LogP contribution in [-0.2, 0) is 4.79 Å². The fraction of sp³-hybridized carbons (Fsp3) is 0.462. The number of rotatable bonds is 5. The van der Waals surface area contributed by atoms with E-state index in [0.29, 0.717) is 5.75 Å². The van der Waals surface area contributed by atoms with Gasteiger partial charge in [0, 0.05) is 0 Å². The molecule has 1 aliphatic heterocycles. The van der Waals surface area contributed by atoms with Crippen molar-refractivity contribution < 1.29 is 27.1 Å². The Labute approximate surface area is 118 Å². The standard InChI is InChI=1S/C13H14F4N2O2/c1-2-18-11(13(16,17)12(14)15)7-3-4-9-8(5-7)19-10(20)6-21-9/h3-5,11-12,18H,2,6H2,1H3,(H,19,20). The van der Waals surface area contributed by atoms with Gasteiger partial charge in [0.2, 0.25) is 0 Å². The second-order valence-electron chi connectivity index (χ2n) is 4.56. The molecule has 1 aliphatic rings. The number of nitrogens with one attached hydrogen (secondary N) is 2. The summed E-state index contributed by atoms with van der Waals surface area (Å²) in [5.41, 5.74) is 0.142. The van der Waals surface area contributed by atoms with Crippen molar-refractivity contribution in [3.63, 3.8) is 0 Å². The van der Waals surface area contributed by atoms with Crippen molar-refractivity contribution in [2.45, 2.75) is 25.3 Å². The number of benzene rings is 1. The number of fused-ring (bicyclic) bond motifs is 1. The Bertz CT molecular complexity index is 537. The summed E-state index contributed by atoms with van der Waals surface area (Å²) >= 11 is 0. The van der Waals surface area contributed by atoms with Gasteiger partial charge in [0.25, 0.3) is 5.91 Å². The Balaban J connectivity index is 2.37. The quantitative estimate of drug-likeness (QED) is 0.822. The van der Waals surface area contributed by atoms with Crippen LogP contribution in [0.2, 0.25) is 0 Å². The van der Waals surface area contributed by atoms with Gasteiger partial charge < -0.3 is 15.4 Å². The van der Waals surface area contributed by atoms with Crippen LogP contribution in [0.15, 0.2) is 18.2 Å². The predicted octanol–water partition coefficient (Wildman–Crippen LogP) is 2.57. The molecule has 0 spiro atoms. The second kappa shape index (κ2) is 5.88. The summed E-state index contributed by atoms with van der Waals surface area (Å²) in [7, 11) is 0. The van der Waals surface area contributed by atoms with Gasteiger partial charge in [0.05, 0.1) is 5.69 Å². The number of hydrogen-bond donors (Lipinski definition) is 2. The topological polar surface area (TPSA) is 50.4 Å². The first kappa shape index (κ1) is 15.6. The van der Waals surface area contributed by atoms with Crippen molar-refractivity contribution in [3.8, 4) is 5.75 Å². The van der Waals surface area contributed by atoms with E-state index in [0.717, 1.165) is 0 Å². The van der Waals surface area contributed by atoms with Gasteiger partial charge in [-0.3, -0.25) is 4.79 Å². The first-order valence-corrected chi connectivity index (χ1v) is 6.32. The highest BCUT2D eigenvalue weighted by atomic mass is 19.3. The van der Waals surface area contributed by atoms with Crippen LogP contribution >= 0.6 is 0 Å². The number of ether oxygens (including phenoxy) is 1. The monoisotopic (exact) mass is 306 g/mol. The molecule has 21 heavy (non-hydrogen) atoms. The van der Waals surface area contributed by atoms with E-state index in [1.165, 1.54) is 25.1 Å². The fourth-order valence-corrected chi connectivity index (χ4v) is 2.09. The van der Waals surface area contributed by atoms with Gasteiger partial charge in [0.15, 0.2) is 6.61 Å². The molecule has 2 rings (SSSR count). The third kappa shape index (κ3) is 3.10. The van der Waals surface area contributed by atoms with Gasteiger partial charge in [0.1, 0.15) is 11.8 Å². The van der Waals surface area contributed by atoms with E-state index < -0.39 is 24.3 Å². The summed E-state index contributed by atoms with van der Waals surface area (Å²) in [4.78, 5) is 11.2. The summed E-state index contributed by atoms with van der Waals surface area (Å²) in [5, 5.41) is 4.81. The Hall–Kier alpha value is -1.83.